The fourth-order valence-corrected chi connectivity index (χ4v) is 3.21. The molecule has 0 saturated heterocycles. The highest BCUT2D eigenvalue weighted by molar-refractivity contribution is 5.85. The Kier molecular flexibility index (Phi) is 7.45. The molecule has 2 N–H and O–H groups in total. The molecule has 2 aromatic rings. The Labute approximate surface area is 154 Å². The summed E-state index contributed by atoms with van der Waals surface area (Å²) in [6.07, 6.45) is 4.49. The molecule has 0 radical (unpaired) electrons. The number of benzene rings is 1. The minimum atomic E-state index is -0.246. The molecule has 0 spiro atoms. The van der Waals surface area contributed by atoms with Crippen LogP contribution in [0.2, 0.25) is 0 Å². The Morgan fingerprint density at radius 1 is 1.12 bits per heavy atom. The zero-order valence-electron chi connectivity index (χ0n) is 13.9. The summed E-state index contributed by atoms with van der Waals surface area (Å²) in [5.74, 6) is 1.70. The lowest BCUT2D eigenvalue weighted by atomic mass is 9.84. The molecule has 0 bridgehead atoms. The van der Waals surface area contributed by atoms with Crippen molar-refractivity contribution in [1.29, 1.82) is 0 Å². The van der Waals surface area contributed by atoms with Gasteiger partial charge in [-0.25, -0.2) is 4.39 Å². The van der Waals surface area contributed by atoms with E-state index in [9.17, 15) is 4.39 Å². The van der Waals surface area contributed by atoms with E-state index in [2.05, 4.69) is 10.2 Å². The smallest absolute Gasteiger partial charge is 0.231 e. The second-order valence-electron chi connectivity index (χ2n) is 6.01. The van der Waals surface area contributed by atoms with Gasteiger partial charge in [0.15, 0.2) is 0 Å². The first-order valence-corrected chi connectivity index (χ1v) is 7.72. The van der Waals surface area contributed by atoms with Gasteiger partial charge in [0.05, 0.1) is 0 Å². The van der Waals surface area contributed by atoms with E-state index in [-0.39, 0.29) is 42.6 Å². The van der Waals surface area contributed by atoms with E-state index in [1.54, 1.807) is 12.1 Å². The normalized spacial score (nSPS) is 20.0. The quantitative estimate of drug-likeness (QED) is 0.890. The predicted octanol–water partition coefficient (Wildman–Crippen LogP) is 3.55. The fraction of sp³-hybridized carbons (Fsp3) is 0.500. The fourth-order valence-electron chi connectivity index (χ4n) is 3.21. The average molecular weight is 376 g/mol. The van der Waals surface area contributed by atoms with E-state index >= 15 is 0 Å². The van der Waals surface area contributed by atoms with Crippen LogP contribution in [0.1, 0.15) is 37.4 Å². The standard InChI is InChI=1S/C16H22FN5.2ClH/c1-21(12-9-7-11(17)8-10-12)16-20-19-15(22(16)2)13-5-3-4-6-14(13)18;;/h7-10,13-14H,3-6,18H2,1-2H3;2*1H. The first kappa shape index (κ1) is 20.7. The van der Waals surface area contributed by atoms with Crippen molar-refractivity contribution in [2.45, 2.75) is 37.6 Å². The summed E-state index contributed by atoms with van der Waals surface area (Å²) in [6, 6.07) is 6.51. The molecule has 2 atom stereocenters. The van der Waals surface area contributed by atoms with Crippen LogP contribution in [0.25, 0.3) is 0 Å². The number of hydrogen-bond donors (Lipinski definition) is 1. The molecular formula is C16H24Cl2FN5. The molecule has 24 heavy (non-hydrogen) atoms. The first-order valence-electron chi connectivity index (χ1n) is 7.72. The Morgan fingerprint density at radius 2 is 1.75 bits per heavy atom. The Bertz CT molecular complexity index is 646. The lowest BCUT2D eigenvalue weighted by Gasteiger charge is -2.28. The molecule has 2 unspecified atom stereocenters. The highest BCUT2D eigenvalue weighted by atomic mass is 35.5. The molecule has 5 nitrogen and oxygen atoms in total. The first-order chi connectivity index (χ1) is 10.6. The van der Waals surface area contributed by atoms with E-state index in [1.807, 2.05) is 23.6 Å². The predicted molar refractivity (Wildman–Crippen MR) is 99.1 cm³/mol. The van der Waals surface area contributed by atoms with Crippen molar-refractivity contribution < 1.29 is 4.39 Å². The van der Waals surface area contributed by atoms with Crippen LogP contribution < -0.4 is 10.6 Å². The number of nitrogens with two attached hydrogens (primary N) is 1. The maximum absolute atomic E-state index is 13.1. The lowest BCUT2D eigenvalue weighted by Crippen LogP contribution is -2.33. The number of anilines is 2. The maximum Gasteiger partial charge on any atom is 0.231 e. The summed E-state index contributed by atoms with van der Waals surface area (Å²) in [7, 11) is 3.87. The van der Waals surface area contributed by atoms with Crippen molar-refractivity contribution in [3.63, 3.8) is 0 Å². The number of aromatic nitrogens is 3. The van der Waals surface area contributed by atoms with Gasteiger partial charge in [-0.3, -0.25) is 4.57 Å². The topological polar surface area (TPSA) is 60.0 Å². The van der Waals surface area contributed by atoms with Crippen LogP contribution in [0, 0.1) is 5.82 Å². The van der Waals surface area contributed by atoms with Crippen LogP contribution in [0.15, 0.2) is 24.3 Å². The molecule has 1 heterocycles. The summed E-state index contributed by atoms with van der Waals surface area (Å²) in [5.41, 5.74) is 7.13. The third-order valence-electron chi connectivity index (χ3n) is 4.55. The number of nitrogens with zero attached hydrogens (tertiary/aromatic N) is 4. The highest BCUT2D eigenvalue weighted by Gasteiger charge is 2.28. The zero-order valence-corrected chi connectivity index (χ0v) is 15.5. The van der Waals surface area contributed by atoms with E-state index in [0.717, 1.165) is 30.3 Å². The van der Waals surface area contributed by atoms with Gasteiger partial charge in [0.2, 0.25) is 5.95 Å². The van der Waals surface area contributed by atoms with Gasteiger partial charge in [-0.15, -0.1) is 35.0 Å². The lowest BCUT2D eigenvalue weighted by molar-refractivity contribution is 0.367. The van der Waals surface area contributed by atoms with Crippen LogP contribution in [0.3, 0.4) is 0 Å². The van der Waals surface area contributed by atoms with Crippen LogP contribution in [-0.4, -0.2) is 27.9 Å². The van der Waals surface area contributed by atoms with Crippen LogP contribution >= 0.6 is 24.8 Å². The van der Waals surface area contributed by atoms with E-state index in [1.165, 1.54) is 25.0 Å². The van der Waals surface area contributed by atoms with Gasteiger partial charge in [0.25, 0.3) is 0 Å². The van der Waals surface area contributed by atoms with E-state index < -0.39 is 0 Å². The molecule has 1 aliphatic carbocycles. The van der Waals surface area contributed by atoms with Crippen molar-refractivity contribution >= 4 is 36.4 Å². The Hall–Kier alpha value is -1.37. The van der Waals surface area contributed by atoms with Gasteiger partial charge >= 0.3 is 0 Å². The molecule has 3 rings (SSSR count). The summed E-state index contributed by atoms with van der Waals surface area (Å²) in [5, 5.41) is 8.68. The Balaban J connectivity index is 0.00000144. The molecule has 0 aliphatic heterocycles. The number of rotatable bonds is 3. The average Bonchev–Trinajstić information content (AvgIpc) is 2.89. The van der Waals surface area contributed by atoms with Crippen molar-refractivity contribution in [1.82, 2.24) is 14.8 Å². The summed E-state index contributed by atoms with van der Waals surface area (Å²) >= 11 is 0. The zero-order chi connectivity index (χ0) is 15.7. The minimum Gasteiger partial charge on any atom is -0.327 e. The van der Waals surface area contributed by atoms with Gasteiger partial charge in [-0.2, -0.15) is 0 Å². The largest absolute Gasteiger partial charge is 0.327 e. The Morgan fingerprint density at radius 3 is 2.38 bits per heavy atom. The van der Waals surface area contributed by atoms with Crippen LogP contribution in [-0.2, 0) is 7.05 Å². The van der Waals surface area contributed by atoms with Crippen molar-refractivity contribution in [2.75, 3.05) is 11.9 Å². The minimum absolute atomic E-state index is 0. The third kappa shape index (κ3) is 3.99. The molecule has 8 heteroatoms. The molecule has 134 valence electrons. The highest BCUT2D eigenvalue weighted by Crippen LogP contribution is 2.32. The van der Waals surface area contributed by atoms with Crippen molar-refractivity contribution in [3.8, 4) is 0 Å². The molecule has 0 amide bonds. The second-order valence-corrected chi connectivity index (χ2v) is 6.01. The van der Waals surface area contributed by atoms with Gasteiger partial charge < -0.3 is 10.6 Å². The molecule has 1 aromatic carbocycles. The second kappa shape index (κ2) is 8.65. The number of halogens is 3. The monoisotopic (exact) mass is 375 g/mol. The molecular weight excluding hydrogens is 352 g/mol. The molecule has 1 aromatic heterocycles. The maximum atomic E-state index is 13.1. The summed E-state index contributed by atoms with van der Waals surface area (Å²) in [6.45, 7) is 0. The number of hydrogen-bond acceptors (Lipinski definition) is 4. The van der Waals surface area contributed by atoms with Crippen LogP contribution in [0.5, 0.6) is 0 Å². The van der Waals surface area contributed by atoms with Gasteiger partial charge in [0.1, 0.15) is 11.6 Å². The SMILES string of the molecule is CN(c1ccc(F)cc1)c1nnc(C2CCCCC2N)n1C.Cl.Cl. The molecule has 1 saturated carbocycles. The third-order valence-corrected chi connectivity index (χ3v) is 4.55. The van der Waals surface area contributed by atoms with E-state index in [4.69, 9.17) is 5.73 Å². The van der Waals surface area contributed by atoms with Crippen molar-refractivity contribution in [3.05, 3.63) is 35.9 Å². The summed E-state index contributed by atoms with van der Waals surface area (Å²) in [4.78, 5) is 1.91. The van der Waals surface area contributed by atoms with Crippen LogP contribution in [0.4, 0.5) is 16.0 Å². The van der Waals surface area contributed by atoms with Gasteiger partial charge in [-0.1, -0.05) is 12.8 Å². The molecule has 1 fully saturated rings. The van der Waals surface area contributed by atoms with Gasteiger partial charge in [-0.05, 0) is 37.1 Å². The molecule has 1 aliphatic rings. The van der Waals surface area contributed by atoms with E-state index in [0.29, 0.717) is 0 Å². The summed E-state index contributed by atoms with van der Waals surface area (Å²) < 4.78 is 15.1. The van der Waals surface area contributed by atoms with Crippen molar-refractivity contribution in [2.24, 2.45) is 12.8 Å². The van der Waals surface area contributed by atoms with Gasteiger partial charge in [0, 0.05) is 31.7 Å².